The second-order valence-corrected chi connectivity index (χ2v) is 8.04. The molecule has 8 heteroatoms. The second kappa shape index (κ2) is 7.13. The number of nitrogens with two attached hydrogens (primary N) is 1. The Labute approximate surface area is 157 Å². The van der Waals surface area contributed by atoms with Crippen molar-refractivity contribution in [2.45, 2.75) is 6.92 Å². The molecule has 0 bridgehead atoms. The average molecular weight is 426 g/mol. The van der Waals surface area contributed by atoms with E-state index in [1.165, 1.54) is 17.4 Å². The number of thiophene rings is 1. The summed E-state index contributed by atoms with van der Waals surface area (Å²) in [6, 6.07) is 6.67. The zero-order chi connectivity index (χ0) is 18.1. The lowest BCUT2D eigenvalue weighted by molar-refractivity contribution is 0.0751. The highest BCUT2D eigenvalue weighted by molar-refractivity contribution is 9.10. The van der Waals surface area contributed by atoms with Gasteiger partial charge in [-0.1, -0.05) is 15.9 Å². The molecule has 3 rings (SSSR count). The summed E-state index contributed by atoms with van der Waals surface area (Å²) in [5.74, 6) is -1.44. The number of piperazine rings is 1. The van der Waals surface area contributed by atoms with Crippen LogP contribution in [0.4, 0.5) is 10.1 Å². The third-order valence-corrected chi connectivity index (χ3v) is 5.59. The monoisotopic (exact) mass is 425 g/mol. The number of primary amides is 1. The molecule has 0 atom stereocenters. The van der Waals surface area contributed by atoms with Gasteiger partial charge < -0.3 is 15.5 Å². The molecule has 1 aliphatic heterocycles. The van der Waals surface area contributed by atoms with Gasteiger partial charge in [0.05, 0.1) is 16.1 Å². The van der Waals surface area contributed by atoms with Gasteiger partial charge in [0.25, 0.3) is 11.8 Å². The topological polar surface area (TPSA) is 66.6 Å². The van der Waals surface area contributed by atoms with Gasteiger partial charge in [0.1, 0.15) is 5.82 Å². The van der Waals surface area contributed by atoms with Crippen molar-refractivity contribution in [3.05, 3.63) is 49.9 Å². The van der Waals surface area contributed by atoms with E-state index >= 15 is 0 Å². The Morgan fingerprint density at radius 2 is 1.88 bits per heavy atom. The Balaban J connectivity index is 1.77. The van der Waals surface area contributed by atoms with Gasteiger partial charge in [0.15, 0.2) is 0 Å². The van der Waals surface area contributed by atoms with Crippen molar-refractivity contribution >= 4 is 44.8 Å². The fourth-order valence-corrected chi connectivity index (χ4v) is 4.16. The van der Waals surface area contributed by atoms with Crippen molar-refractivity contribution in [3.8, 4) is 0 Å². The summed E-state index contributed by atoms with van der Waals surface area (Å²) < 4.78 is 14.7. The zero-order valence-electron chi connectivity index (χ0n) is 13.6. The molecule has 132 valence electrons. The van der Waals surface area contributed by atoms with E-state index in [0.717, 1.165) is 9.75 Å². The number of carbonyl (C=O) groups excluding carboxylic acids is 2. The van der Waals surface area contributed by atoms with Crippen LogP contribution in [0.3, 0.4) is 0 Å². The van der Waals surface area contributed by atoms with Crippen LogP contribution in [0.15, 0.2) is 28.7 Å². The Hall–Kier alpha value is -1.93. The highest BCUT2D eigenvalue weighted by Gasteiger charge is 2.26. The van der Waals surface area contributed by atoms with E-state index in [4.69, 9.17) is 5.73 Å². The van der Waals surface area contributed by atoms with E-state index in [9.17, 15) is 14.0 Å². The first-order valence-corrected chi connectivity index (χ1v) is 9.37. The first kappa shape index (κ1) is 17.9. The molecule has 1 aromatic carbocycles. The first-order valence-electron chi connectivity index (χ1n) is 7.76. The van der Waals surface area contributed by atoms with Crippen LogP contribution in [0.5, 0.6) is 0 Å². The third-order valence-electron chi connectivity index (χ3n) is 4.14. The van der Waals surface area contributed by atoms with Gasteiger partial charge in [-0.3, -0.25) is 9.59 Å². The molecule has 1 saturated heterocycles. The molecule has 1 fully saturated rings. The van der Waals surface area contributed by atoms with E-state index < -0.39 is 11.7 Å². The SMILES string of the molecule is Cc1ccc(C(=O)N2CCN(c3cc(Br)cc(F)c3C(N)=O)CC2)s1. The molecule has 0 saturated carbocycles. The summed E-state index contributed by atoms with van der Waals surface area (Å²) in [4.78, 5) is 29.6. The summed E-state index contributed by atoms with van der Waals surface area (Å²) in [7, 11) is 0. The van der Waals surface area contributed by atoms with E-state index in [1.54, 1.807) is 11.0 Å². The largest absolute Gasteiger partial charge is 0.367 e. The predicted octanol–water partition coefficient (Wildman–Crippen LogP) is 3.02. The highest BCUT2D eigenvalue weighted by atomic mass is 79.9. The maximum Gasteiger partial charge on any atom is 0.264 e. The minimum Gasteiger partial charge on any atom is -0.367 e. The van der Waals surface area contributed by atoms with Crippen LogP contribution in [0.2, 0.25) is 0 Å². The molecular weight excluding hydrogens is 409 g/mol. The van der Waals surface area contributed by atoms with Gasteiger partial charge in [-0.05, 0) is 31.2 Å². The standard InChI is InChI=1S/C17H17BrFN3O2S/c1-10-2-3-14(25-10)17(24)22-6-4-21(5-7-22)13-9-11(18)8-12(19)15(13)16(20)23/h2-3,8-9H,4-7H2,1H3,(H2,20,23). The van der Waals surface area contributed by atoms with Crippen LogP contribution >= 0.6 is 27.3 Å². The molecule has 25 heavy (non-hydrogen) atoms. The van der Waals surface area contributed by atoms with Crippen LogP contribution < -0.4 is 10.6 Å². The Bertz CT molecular complexity index is 831. The minimum absolute atomic E-state index is 0.00768. The lowest BCUT2D eigenvalue weighted by Gasteiger charge is -2.36. The molecule has 1 aliphatic rings. The molecule has 2 N–H and O–H groups in total. The normalized spacial score (nSPS) is 14.7. The highest BCUT2D eigenvalue weighted by Crippen LogP contribution is 2.29. The molecular formula is C17H17BrFN3O2S. The predicted molar refractivity (Wildman–Crippen MR) is 99.8 cm³/mol. The molecule has 0 spiro atoms. The molecule has 0 unspecified atom stereocenters. The van der Waals surface area contributed by atoms with Gasteiger partial charge in [-0.15, -0.1) is 11.3 Å². The number of halogens is 2. The van der Waals surface area contributed by atoms with Crippen molar-refractivity contribution in [3.63, 3.8) is 0 Å². The van der Waals surface area contributed by atoms with Crippen molar-refractivity contribution in [1.82, 2.24) is 4.90 Å². The van der Waals surface area contributed by atoms with E-state index in [1.807, 2.05) is 24.0 Å². The van der Waals surface area contributed by atoms with Gasteiger partial charge in [0.2, 0.25) is 0 Å². The number of hydrogen-bond donors (Lipinski definition) is 1. The third kappa shape index (κ3) is 3.69. The number of hydrogen-bond acceptors (Lipinski definition) is 4. The summed E-state index contributed by atoms with van der Waals surface area (Å²) in [6.45, 7) is 3.98. The maximum absolute atomic E-state index is 14.1. The van der Waals surface area contributed by atoms with Crippen molar-refractivity contribution < 1.29 is 14.0 Å². The van der Waals surface area contributed by atoms with Crippen LogP contribution in [-0.4, -0.2) is 42.9 Å². The van der Waals surface area contributed by atoms with Gasteiger partial charge in [0, 0.05) is 35.5 Å². The van der Waals surface area contributed by atoms with Crippen molar-refractivity contribution in [1.29, 1.82) is 0 Å². The number of amides is 2. The number of anilines is 1. The summed E-state index contributed by atoms with van der Waals surface area (Å²) in [6.07, 6.45) is 0. The first-order chi connectivity index (χ1) is 11.9. The summed E-state index contributed by atoms with van der Waals surface area (Å²) in [5, 5.41) is 0. The number of carbonyl (C=O) groups is 2. The zero-order valence-corrected chi connectivity index (χ0v) is 16.0. The molecule has 1 aromatic heterocycles. The van der Waals surface area contributed by atoms with Gasteiger partial charge >= 0.3 is 0 Å². The molecule has 0 radical (unpaired) electrons. The van der Waals surface area contributed by atoms with Gasteiger partial charge in [-0.25, -0.2) is 4.39 Å². The minimum atomic E-state index is -0.799. The van der Waals surface area contributed by atoms with Crippen LogP contribution in [0.25, 0.3) is 0 Å². The quantitative estimate of drug-likeness (QED) is 0.821. The number of aryl methyl sites for hydroxylation is 1. The second-order valence-electron chi connectivity index (χ2n) is 5.84. The lowest BCUT2D eigenvalue weighted by atomic mass is 10.1. The molecule has 2 aromatic rings. The van der Waals surface area contributed by atoms with Crippen LogP contribution in [0, 0.1) is 12.7 Å². The average Bonchev–Trinajstić information content (AvgIpc) is 2.99. The fraction of sp³-hybridized carbons (Fsp3) is 0.294. The van der Waals surface area contributed by atoms with Crippen LogP contribution in [0.1, 0.15) is 24.9 Å². The molecule has 5 nitrogen and oxygen atoms in total. The Morgan fingerprint density at radius 1 is 1.20 bits per heavy atom. The van der Waals surface area contributed by atoms with E-state index in [-0.39, 0.29) is 11.5 Å². The Morgan fingerprint density at radius 3 is 2.44 bits per heavy atom. The molecule has 2 heterocycles. The summed E-state index contributed by atoms with van der Waals surface area (Å²) in [5.41, 5.74) is 5.68. The van der Waals surface area contributed by atoms with E-state index in [2.05, 4.69) is 15.9 Å². The number of benzene rings is 1. The molecule has 0 aliphatic carbocycles. The number of nitrogens with zero attached hydrogens (tertiary/aromatic N) is 2. The van der Waals surface area contributed by atoms with Crippen molar-refractivity contribution in [2.75, 3.05) is 31.1 Å². The fourth-order valence-electron chi connectivity index (χ4n) is 2.91. The summed E-state index contributed by atoms with van der Waals surface area (Å²) >= 11 is 4.72. The van der Waals surface area contributed by atoms with E-state index in [0.29, 0.717) is 36.3 Å². The smallest absolute Gasteiger partial charge is 0.264 e. The lowest BCUT2D eigenvalue weighted by Crippen LogP contribution is -2.49. The van der Waals surface area contributed by atoms with Crippen LogP contribution in [-0.2, 0) is 0 Å². The number of rotatable bonds is 3. The molecule has 2 amide bonds. The van der Waals surface area contributed by atoms with Gasteiger partial charge in [-0.2, -0.15) is 0 Å². The maximum atomic E-state index is 14.1. The Kier molecular flexibility index (Phi) is 5.10. The van der Waals surface area contributed by atoms with Crippen molar-refractivity contribution in [2.24, 2.45) is 5.73 Å².